The lowest BCUT2D eigenvalue weighted by molar-refractivity contribution is -0.137. The SMILES string of the molecule is OC(c1ccc(C(F)(F)F)cc1)(c1cccs1)C(F)F. The van der Waals surface area contributed by atoms with Crippen molar-refractivity contribution in [3.8, 4) is 0 Å². The minimum Gasteiger partial charge on any atom is -0.374 e. The lowest BCUT2D eigenvalue weighted by atomic mass is 9.91. The summed E-state index contributed by atoms with van der Waals surface area (Å²) >= 11 is 0.911. The van der Waals surface area contributed by atoms with Crippen LogP contribution in [-0.2, 0) is 11.8 Å². The predicted octanol–water partition coefficient (Wildman–Crippen LogP) is 4.27. The molecule has 1 atom stereocenters. The van der Waals surface area contributed by atoms with E-state index in [2.05, 4.69) is 0 Å². The van der Waals surface area contributed by atoms with Crippen molar-refractivity contribution in [1.29, 1.82) is 0 Å². The molecule has 1 N–H and O–H groups in total. The van der Waals surface area contributed by atoms with E-state index in [1.165, 1.54) is 17.5 Å². The van der Waals surface area contributed by atoms with Crippen LogP contribution in [0.4, 0.5) is 22.0 Å². The van der Waals surface area contributed by atoms with Crippen LogP contribution in [0.5, 0.6) is 0 Å². The van der Waals surface area contributed by atoms with Crippen molar-refractivity contribution in [2.24, 2.45) is 0 Å². The molecule has 1 nitrogen and oxygen atoms in total. The molecule has 0 saturated carbocycles. The average molecular weight is 308 g/mol. The molecule has 7 heteroatoms. The van der Waals surface area contributed by atoms with E-state index in [0.717, 1.165) is 23.5 Å². The van der Waals surface area contributed by atoms with Gasteiger partial charge in [0, 0.05) is 4.88 Å². The van der Waals surface area contributed by atoms with E-state index in [1.807, 2.05) is 0 Å². The summed E-state index contributed by atoms with van der Waals surface area (Å²) in [6.45, 7) is 0. The third kappa shape index (κ3) is 2.55. The van der Waals surface area contributed by atoms with Gasteiger partial charge in [-0.25, -0.2) is 8.78 Å². The first-order valence-corrected chi connectivity index (χ1v) is 6.36. The van der Waals surface area contributed by atoms with Gasteiger partial charge in [0.1, 0.15) is 0 Å². The Hall–Kier alpha value is -1.47. The zero-order chi connectivity index (χ0) is 15.0. The molecule has 2 rings (SSSR count). The molecule has 0 saturated heterocycles. The molecule has 0 amide bonds. The largest absolute Gasteiger partial charge is 0.416 e. The van der Waals surface area contributed by atoms with Gasteiger partial charge in [0.2, 0.25) is 0 Å². The molecular weight excluding hydrogens is 299 g/mol. The molecule has 2 aromatic rings. The van der Waals surface area contributed by atoms with Crippen molar-refractivity contribution >= 4 is 11.3 Å². The van der Waals surface area contributed by atoms with E-state index in [-0.39, 0.29) is 10.4 Å². The van der Waals surface area contributed by atoms with Crippen molar-refractivity contribution < 1.29 is 27.1 Å². The highest BCUT2D eigenvalue weighted by molar-refractivity contribution is 7.10. The summed E-state index contributed by atoms with van der Waals surface area (Å²) in [6, 6.07) is 5.89. The zero-order valence-electron chi connectivity index (χ0n) is 9.86. The van der Waals surface area contributed by atoms with Gasteiger partial charge >= 0.3 is 6.18 Å². The van der Waals surface area contributed by atoms with Gasteiger partial charge in [-0.2, -0.15) is 13.2 Å². The predicted molar refractivity (Wildman–Crippen MR) is 64.8 cm³/mol. The van der Waals surface area contributed by atoms with Crippen LogP contribution < -0.4 is 0 Å². The fourth-order valence-corrected chi connectivity index (χ4v) is 2.63. The highest BCUT2D eigenvalue weighted by atomic mass is 32.1. The average Bonchev–Trinajstić information content (AvgIpc) is 2.91. The lowest BCUT2D eigenvalue weighted by Crippen LogP contribution is -2.34. The minimum atomic E-state index is -4.55. The molecule has 1 heterocycles. The standard InChI is InChI=1S/C13H9F5OS/c14-11(15)12(19,10-2-1-7-20-10)8-3-5-9(6-4-8)13(16,17)18/h1-7,11,19H. The number of thiophene rings is 1. The molecule has 0 aliphatic rings. The smallest absolute Gasteiger partial charge is 0.374 e. The van der Waals surface area contributed by atoms with Gasteiger partial charge in [-0.1, -0.05) is 18.2 Å². The number of rotatable bonds is 3. The summed E-state index contributed by atoms with van der Waals surface area (Å²) in [5, 5.41) is 11.7. The Morgan fingerprint density at radius 3 is 1.90 bits per heavy atom. The Kier molecular flexibility index (Phi) is 3.84. The second-order valence-electron chi connectivity index (χ2n) is 4.12. The maximum Gasteiger partial charge on any atom is 0.416 e. The van der Waals surface area contributed by atoms with Gasteiger partial charge < -0.3 is 5.11 Å². The Morgan fingerprint density at radius 2 is 1.50 bits per heavy atom. The Bertz CT molecular complexity index is 561. The molecule has 1 aromatic carbocycles. The van der Waals surface area contributed by atoms with Crippen LogP contribution in [0, 0.1) is 0 Å². The zero-order valence-corrected chi connectivity index (χ0v) is 10.7. The van der Waals surface area contributed by atoms with Crippen LogP contribution in [0.15, 0.2) is 41.8 Å². The molecule has 20 heavy (non-hydrogen) atoms. The molecule has 108 valence electrons. The first-order valence-electron chi connectivity index (χ1n) is 5.48. The summed E-state index contributed by atoms with van der Waals surface area (Å²) in [7, 11) is 0. The van der Waals surface area contributed by atoms with Gasteiger partial charge in [0.15, 0.2) is 5.60 Å². The number of hydrogen-bond donors (Lipinski definition) is 1. The molecule has 0 bridgehead atoms. The Balaban J connectivity index is 2.47. The summed E-state index contributed by atoms with van der Waals surface area (Å²) in [6.07, 6.45) is -7.71. The molecule has 0 aliphatic heterocycles. The van der Waals surface area contributed by atoms with E-state index in [4.69, 9.17) is 0 Å². The maximum absolute atomic E-state index is 13.2. The monoisotopic (exact) mass is 308 g/mol. The molecular formula is C13H9F5OS. The molecule has 0 aliphatic carbocycles. The minimum absolute atomic E-state index is 0.0211. The van der Waals surface area contributed by atoms with E-state index in [1.54, 1.807) is 0 Å². The van der Waals surface area contributed by atoms with Crippen LogP contribution >= 0.6 is 11.3 Å². The second kappa shape index (κ2) is 5.14. The van der Waals surface area contributed by atoms with E-state index in [0.29, 0.717) is 12.1 Å². The third-order valence-electron chi connectivity index (χ3n) is 2.86. The van der Waals surface area contributed by atoms with Gasteiger partial charge in [-0.05, 0) is 29.1 Å². The maximum atomic E-state index is 13.2. The van der Waals surface area contributed by atoms with Crippen molar-refractivity contribution in [1.82, 2.24) is 0 Å². The van der Waals surface area contributed by atoms with Crippen molar-refractivity contribution in [2.45, 2.75) is 18.2 Å². The number of benzene rings is 1. The van der Waals surface area contributed by atoms with Crippen molar-refractivity contribution in [3.05, 3.63) is 57.8 Å². The topological polar surface area (TPSA) is 20.2 Å². The van der Waals surface area contributed by atoms with E-state index < -0.39 is 23.8 Å². The summed E-state index contributed by atoms with van der Waals surface area (Å²) in [5.74, 6) is 0. The van der Waals surface area contributed by atoms with Crippen LogP contribution in [0.3, 0.4) is 0 Å². The van der Waals surface area contributed by atoms with Gasteiger partial charge in [0.25, 0.3) is 6.43 Å². The van der Waals surface area contributed by atoms with E-state index >= 15 is 0 Å². The third-order valence-corrected chi connectivity index (χ3v) is 3.86. The molecule has 0 spiro atoms. The number of aliphatic hydroxyl groups is 1. The van der Waals surface area contributed by atoms with Gasteiger partial charge in [0.05, 0.1) is 5.56 Å². The highest BCUT2D eigenvalue weighted by Gasteiger charge is 2.43. The molecule has 0 radical (unpaired) electrons. The first kappa shape index (κ1) is 14.9. The molecule has 1 unspecified atom stereocenters. The van der Waals surface area contributed by atoms with Gasteiger partial charge in [-0.3, -0.25) is 0 Å². The van der Waals surface area contributed by atoms with Crippen molar-refractivity contribution in [3.63, 3.8) is 0 Å². The lowest BCUT2D eigenvalue weighted by Gasteiger charge is -2.27. The summed E-state index contributed by atoms with van der Waals surface area (Å²) < 4.78 is 63.7. The van der Waals surface area contributed by atoms with Gasteiger partial charge in [-0.15, -0.1) is 11.3 Å². The molecule has 0 fully saturated rings. The normalized spacial score (nSPS) is 15.3. The summed E-state index contributed by atoms with van der Waals surface area (Å²) in [5.41, 5.74) is -3.83. The second-order valence-corrected chi connectivity index (χ2v) is 5.07. The fraction of sp³-hybridized carbons (Fsp3) is 0.231. The van der Waals surface area contributed by atoms with Crippen LogP contribution in [-0.4, -0.2) is 11.5 Å². The number of hydrogen-bond acceptors (Lipinski definition) is 2. The van der Waals surface area contributed by atoms with Crippen LogP contribution in [0.1, 0.15) is 16.0 Å². The quantitative estimate of drug-likeness (QED) is 0.840. The Labute approximate surface area is 115 Å². The summed E-state index contributed by atoms with van der Waals surface area (Å²) in [4.78, 5) is -0.0211. The molecule has 1 aromatic heterocycles. The highest BCUT2D eigenvalue weighted by Crippen LogP contribution is 2.39. The van der Waals surface area contributed by atoms with Crippen molar-refractivity contribution in [2.75, 3.05) is 0 Å². The number of alkyl halides is 5. The van der Waals surface area contributed by atoms with Crippen LogP contribution in [0.25, 0.3) is 0 Å². The Morgan fingerprint density at radius 1 is 0.950 bits per heavy atom. The fourth-order valence-electron chi connectivity index (χ4n) is 1.78. The van der Waals surface area contributed by atoms with E-state index in [9.17, 15) is 27.1 Å². The number of halogens is 5. The first-order chi connectivity index (χ1) is 9.26. The van der Waals surface area contributed by atoms with Crippen LogP contribution in [0.2, 0.25) is 0 Å².